The fourth-order valence-corrected chi connectivity index (χ4v) is 1.71. The van der Waals surface area contributed by atoms with Crippen LogP contribution < -0.4 is 5.32 Å². The molecule has 0 aliphatic carbocycles. The number of halogens is 1. The molecule has 1 N–H and O–H groups in total. The average molecular weight is 263 g/mol. The fourth-order valence-electron chi connectivity index (χ4n) is 1.71. The standard InChI is InChI=1S/C15H22FN3/c1-12(2)19(3)8-4-7-18-11-14-9-13(10-17)5-6-15(14)16/h5-6,9,12,18H,4,7-8,11H2,1-3H3. The molecule has 0 aromatic heterocycles. The lowest BCUT2D eigenvalue weighted by atomic mass is 10.1. The maximum absolute atomic E-state index is 13.5. The number of hydrogen-bond acceptors (Lipinski definition) is 3. The SMILES string of the molecule is CC(C)N(C)CCCNCc1cc(C#N)ccc1F. The molecule has 3 nitrogen and oxygen atoms in total. The van der Waals surface area contributed by atoms with Crippen molar-refractivity contribution in [3.8, 4) is 6.07 Å². The number of nitrogens with one attached hydrogen (secondary N) is 1. The van der Waals surface area contributed by atoms with Gasteiger partial charge >= 0.3 is 0 Å². The third-order valence-corrected chi connectivity index (χ3v) is 3.24. The molecule has 0 amide bonds. The van der Waals surface area contributed by atoms with Crippen molar-refractivity contribution in [1.82, 2.24) is 10.2 Å². The van der Waals surface area contributed by atoms with E-state index < -0.39 is 0 Å². The van der Waals surface area contributed by atoms with Gasteiger partial charge in [-0.05, 0) is 58.6 Å². The van der Waals surface area contributed by atoms with Gasteiger partial charge in [0.15, 0.2) is 0 Å². The van der Waals surface area contributed by atoms with Crippen LogP contribution in [0.4, 0.5) is 4.39 Å². The van der Waals surface area contributed by atoms with Gasteiger partial charge in [0.25, 0.3) is 0 Å². The van der Waals surface area contributed by atoms with Crippen molar-refractivity contribution in [2.45, 2.75) is 32.9 Å². The summed E-state index contributed by atoms with van der Waals surface area (Å²) in [6, 6.07) is 7.01. The Morgan fingerprint density at radius 1 is 1.42 bits per heavy atom. The summed E-state index contributed by atoms with van der Waals surface area (Å²) < 4.78 is 13.5. The molecule has 0 aliphatic heterocycles. The molecule has 19 heavy (non-hydrogen) atoms. The molecule has 0 saturated carbocycles. The zero-order valence-electron chi connectivity index (χ0n) is 11.9. The molecule has 0 unspecified atom stereocenters. The molecule has 0 fully saturated rings. The molecule has 1 rings (SSSR count). The number of hydrogen-bond donors (Lipinski definition) is 1. The van der Waals surface area contributed by atoms with Crippen LogP contribution in [0.15, 0.2) is 18.2 Å². The Kier molecular flexibility index (Phi) is 6.48. The van der Waals surface area contributed by atoms with Gasteiger partial charge in [-0.1, -0.05) is 0 Å². The van der Waals surface area contributed by atoms with Gasteiger partial charge in [0, 0.05) is 18.2 Å². The van der Waals surface area contributed by atoms with Gasteiger partial charge in [-0.25, -0.2) is 4.39 Å². The summed E-state index contributed by atoms with van der Waals surface area (Å²) >= 11 is 0. The average Bonchev–Trinajstić information content (AvgIpc) is 2.39. The van der Waals surface area contributed by atoms with Crippen molar-refractivity contribution in [2.24, 2.45) is 0 Å². The van der Waals surface area contributed by atoms with Crippen LogP contribution in [0, 0.1) is 17.1 Å². The van der Waals surface area contributed by atoms with Gasteiger partial charge < -0.3 is 10.2 Å². The molecule has 104 valence electrons. The van der Waals surface area contributed by atoms with E-state index in [2.05, 4.69) is 31.1 Å². The zero-order chi connectivity index (χ0) is 14.3. The van der Waals surface area contributed by atoms with E-state index in [1.807, 2.05) is 6.07 Å². The smallest absolute Gasteiger partial charge is 0.127 e. The van der Waals surface area contributed by atoms with Gasteiger partial charge in [0.05, 0.1) is 11.6 Å². The van der Waals surface area contributed by atoms with Crippen LogP contribution >= 0.6 is 0 Å². The van der Waals surface area contributed by atoms with Crippen LogP contribution in [0.5, 0.6) is 0 Å². The largest absolute Gasteiger partial charge is 0.313 e. The lowest BCUT2D eigenvalue weighted by molar-refractivity contribution is 0.269. The Balaban J connectivity index is 2.32. The molecule has 0 aliphatic rings. The van der Waals surface area contributed by atoms with Crippen molar-refractivity contribution >= 4 is 0 Å². The molecule has 1 aromatic rings. The van der Waals surface area contributed by atoms with Crippen LogP contribution in [-0.2, 0) is 6.54 Å². The maximum Gasteiger partial charge on any atom is 0.127 e. The van der Waals surface area contributed by atoms with Gasteiger partial charge in [-0.15, -0.1) is 0 Å². The predicted molar refractivity (Wildman–Crippen MR) is 75.2 cm³/mol. The summed E-state index contributed by atoms with van der Waals surface area (Å²) in [4.78, 5) is 2.28. The Labute approximate surface area is 115 Å². The maximum atomic E-state index is 13.5. The monoisotopic (exact) mass is 263 g/mol. The lowest BCUT2D eigenvalue weighted by Crippen LogP contribution is -2.29. The van der Waals surface area contributed by atoms with Gasteiger partial charge in [-0.2, -0.15) is 5.26 Å². The zero-order valence-corrected chi connectivity index (χ0v) is 11.9. The predicted octanol–water partition coefficient (Wildman–Crippen LogP) is 2.52. The van der Waals surface area contributed by atoms with Crippen molar-refractivity contribution in [3.05, 3.63) is 35.1 Å². The van der Waals surface area contributed by atoms with Crippen LogP contribution in [0.3, 0.4) is 0 Å². The molecule has 4 heteroatoms. The van der Waals surface area contributed by atoms with Gasteiger partial charge in [0.2, 0.25) is 0 Å². The van der Waals surface area contributed by atoms with Crippen LogP contribution in [0.2, 0.25) is 0 Å². The number of nitriles is 1. The van der Waals surface area contributed by atoms with E-state index in [-0.39, 0.29) is 5.82 Å². The van der Waals surface area contributed by atoms with E-state index in [4.69, 9.17) is 5.26 Å². The summed E-state index contributed by atoms with van der Waals surface area (Å²) in [5.74, 6) is -0.259. The number of nitrogens with zero attached hydrogens (tertiary/aromatic N) is 2. The van der Waals surface area contributed by atoms with Crippen LogP contribution in [0.1, 0.15) is 31.4 Å². The van der Waals surface area contributed by atoms with Crippen molar-refractivity contribution in [3.63, 3.8) is 0 Å². The first-order chi connectivity index (χ1) is 9.04. The summed E-state index contributed by atoms with van der Waals surface area (Å²) in [7, 11) is 2.10. The van der Waals surface area contributed by atoms with E-state index in [1.54, 1.807) is 6.07 Å². The second-order valence-corrected chi connectivity index (χ2v) is 5.02. The van der Waals surface area contributed by atoms with E-state index >= 15 is 0 Å². The molecule has 0 radical (unpaired) electrons. The highest BCUT2D eigenvalue weighted by atomic mass is 19.1. The highest BCUT2D eigenvalue weighted by Gasteiger charge is 2.04. The Bertz CT molecular complexity index is 438. The quantitative estimate of drug-likeness (QED) is 0.768. The molecule has 0 heterocycles. The molecule has 0 atom stereocenters. The molecule has 0 bridgehead atoms. The highest BCUT2D eigenvalue weighted by molar-refractivity contribution is 5.33. The third kappa shape index (κ3) is 5.37. The lowest BCUT2D eigenvalue weighted by Gasteiger charge is -2.20. The third-order valence-electron chi connectivity index (χ3n) is 3.24. The Morgan fingerprint density at radius 3 is 2.79 bits per heavy atom. The van der Waals surface area contributed by atoms with Gasteiger partial charge in [0.1, 0.15) is 5.82 Å². The van der Waals surface area contributed by atoms with Gasteiger partial charge in [-0.3, -0.25) is 0 Å². The van der Waals surface area contributed by atoms with Crippen LogP contribution in [-0.4, -0.2) is 31.1 Å². The minimum atomic E-state index is -0.259. The van der Waals surface area contributed by atoms with E-state index in [9.17, 15) is 4.39 Å². The summed E-state index contributed by atoms with van der Waals surface area (Å²) in [6.07, 6.45) is 1.02. The van der Waals surface area contributed by atoms with Crippen molar-refractivity contribution in [1.29, 1.82) is 5.26 Å². The first kappa shape index (κ1) is 15.6. The van der Waals surface area contributed by atoms with Crippen LogP contribution in [0.25, 0.3) is 0 Å². The molecule has 1 aromatic carbocycles. The second-order valence-electron chi connectivity index (χ2n) is 5.02. The Morgan fingerprint density at radius 2 is 2.16 bits per heavy atom. The normalized spacial score (nSPS) is 11.0. The second kappa shape index (κ2) is 7.88. The first-order valence-electron chi connectivity index (χ1n) is 6.64. The van der Waals surface area contributed by atoms with Crippen molar-refractivity contribution < 1.29 is 4.39 Å². The molecular weight excluding hydrogens is 241 g/mol. The fraction of sp³-hybridized carbons (Fsp3) is 0.533. The summed E-state index contributed by atoms with van der Waals surface area (Å²) in [6.45, 7) is 6.65. The minimum Gasteiger partial charge on any atom is -0.313 e. The van der Waals surface area contributed by atoms with E-state index in [0.717, 1.165) is 19.5 Å². The number of rotatable bonds is 7. The topological polar surface area (TPSA) is 39.1 Å². The van der Waals surface area contributed by atoms with E-state index in [0.29, 0.717) is 23.7 Å². The Hall–Kier alpha value is -1.44. The first-order valence-corrected chi connectivity index (χ1v) is 6.64. The van der Waals surface area contributed by atoms with E-state index in [1.165, 1.54) is 12.1 Å². The highest BCUT2D eigenvalue weighted by Crippen LogP contribution is 2.09. The minimum absolute atomic E-state index is 0.259. The summed E-state index contributed by atoms with van der Waals surface area (Å²) in [5, 5.41) is 12.0. The molecular formula is C15H22FN3. The molecule has 0 saturated heterocycles. The van der Waals surface area contributed by atoms with Crippen molar-refractivity contribution in [2.75, 3.05) is 20.1 Å². The molecule has 0 spiro atoms. The summed E-state index contributed by atoms with van der Waals surface area (Å²) in [5.41, 5.74) is 1.05. The number of benzene rings is 1.